The number of allylic oxidation sites excluding steroid dienone is 8. The molecule has 1 saturated heterocycles. The summed E-state index contributed by atoms with van der Waals surface area (Å²) in [6.07, 6.45) is 15.8. The number of likely N-dealkylation sites (N-methyl/N-ethyl adjacent to an activating group) is 1. The van der Waals surface area contributed by atoms with E-state index in [0.29, 0.717) is 142 Å². The zero-order valence-corrected chi connectivity index (χ0v) is 47.2. The summed E-state index contributed by atoms with van der Waals surface area (Å²) in [5.41, 5.74) is 3.20. The molecule has 78 heavy (non-hydrogen) atoms. The number of nitrogens with zero attached hydrogens (tertiary/aromatic N) is 3. The zero-order valence-electron chi connectivity index (χ0n) is 45.6. The van der Waals surface area contributed by atoms with Crippen LogP contribution in [0.25, 0.3) is 0 Å². The van der Waals surface area contributed by atoms with Gasteiger partial charge in [0.2, 0.25) is 5.69 Å². The van der Waals surface area contributed by atoms with E-state index in [2.05, 4.69) is 9.48 Å². The highest BCUT2D eigenvalue weighted by Gasteiger charge is 2.48. The molecule has 0 aliphatic carbocycles. The first-order chi connectivity index (χ1) is 37.4. The van der Waals surface area contributed by atoms with Crippen molar-refractivity contribution >= 4 is 55.1 Å². The Kier molecular flexibility index (Phi) is 25.9. The van der Waals surface area contributed by atoms with Crippen LogP contribution in [0.15, 0.2) is 94.4 Å². The highest BCUT2D eigenvalue weighted by molar-refractivity contribution is 7.86. The van der Waals surface area contributed by atoms with Crippen molar-refractivity contribution in [2.75, 3.05) is 125 Å². The van der Waals surface area contributed by atoms with E-state index in [1.54, 1.807) is 26.4 Å². The number of hydroxylamine groups is 2. The molecule has 432 valence electrons. The van der Waals surface area contributed by atoms with Crippen LogP contribution in [-0.2, 0) is 88.2 Å². The topological polar surface area (TPSA) is 253 Å². The minimum absolute atomic E-state index is 0.00112. The van der Waals surface area contributed by atoms with Gasteiger partial charge in [-0.05, 0) is 88.4 Å². The number of rotatable bonds is 38. The molecule has 3 aliphatic heterocycles. The Balaban J connectivity index is 1.35. The second-order valence-electron chi connectivity index (χ2n) is 18.9. The molecule has 0 aromatic heterocycles. The van der Waals surface area contributed by atoms with Gasteiger partial charge in [-0.3, -0.25) is 18.7 Å². The number of hydrogen-bond donors (Lipinski definition) is 2. The van der Waals surface area contributed by atoms with Crippen LogP contribution < -0.4 is 4.90 Å². The summed E-state index contributed by atoms with van der Waals surface area (Å²) in [6.45, 7) is 12.6. The Morgan fingerprint density at radius 3 is 1.65 bits per heavy atom. The first-order valence-corrected chi connectivity index (χ1v) is 29.2. The summed E-state index contributed by atoms with van der Waals surface area (Å²) in [6, 6.07) is 9.18. The van der Waals surface area contributed by atoms with Gasteiger partial charge in [0, 0.05) is 94.2 Å². The van der Waals surface area contributed by atoms with E-state index < -0.39 is 48.8 Å². The maximum absolute atomic E-state index is 12.6. The van der Waals surface area contributed by atoms with E-state index in [1.165, 1.54) is 24.3 Å². The second kappa shape index (κ2) is 31.7. The van der Waals surface area contributed by atoms with Gasteiger partial charge in [-0.15, -0.1) is 5.06 Å². The molecule has 3 heterocycles. The number of ether oxygens (including phenoxy) is 8. The van der Waals surface area contributed by atoms with Crippen molar-refractivity contribution in [1.29, 1.82) is 0 Å². The molecule has 2 aromatic carbocycles. The van der Waals surface area contributed by atoms with Gasteiger partial charge >= 0.3 is 5.97 Å². The number of anilines is 1. The fraction of sp³-hybridized carbons (Fsp3) is 0.564. The Bertz CT molecular complexity index is 2690. The third kappa shape index (κ3) is 18.3. The average molecular weight is 1130 g/mol. The molecule has 0 saturated carbocycles. The molecule has 1 fully saturated rings. The molecule has 5 rings (SSSR count). The fourth-order valence-electron chi connectivity index (χ4n) is 9.42. The molecule has 21 nitrogen and oxygen atoms in total. The monoisotopic (exact) mass is 1130 g/mol. The van der Waals surface area contributed by atoms with E-state index in [4.69, 9.17) is 42.7 Å². The number of amides is 2. The average Bonchev–Trinajstić information content (AvgIpc) is 4.04. The lowest BCUT2D eigenvalue weighted by molar-refractivity contribution is -0.438. The lowest BCUT2D eigenvalue weighted by atomic mass is 9.76. The van der Waals surface area contributed by atoms with Crippen molar-refractivity contribution in [3.05, 3.63) is 95.8 Å². The van der Waals surface area contributed by atoms with Crippen LogP contribution in [0.1, 0.15) is 83.3 Å². The normalized spacial score (nSPS) is 19.3. The van der Waals surface area contributed by atoms with E-state index in [9.17, 15) is 40.3 Å². The molecule has 0 radical (unpaired) electrons. The number of unbranched alkanes of at least 4 members (excludes halogenated alkanes) is 2. The van der Waals surface area contributed by atoms with E-state index in [0.717, 1.165) is 28.3 Å². The molecular formula is C55H78N3O18S2+. The Labute approximate surface area is 459 Å². The molecule has 3 aliphatic rings. The minimum Gasteiger partial charge on any atom is -0.382 e. The molecule has 0 spiro atoms. The van der Waals surface area contributed by atoms with E-state index in [1.807, 2.05) is 63.3 Å². The number of hydrogen-bond acceptors (Lipinski definition) is 17. The summed E-state index contributed by atoms with van der Waals surface area (Å²) >= 11 is 0. The van der Waals surface area contributed by atoms with Crippen molar-refractivity contribution < 1.29 is 87.6 Å². The number of benzene rings is 2. The van der Waals surface area contributed by atoms with Gasteiger partial charge < -0.3 is 47.6 Å². The second-order valence-corrected chi connectivity index (χ2v) is 21.8. The lowest BCUT2D eigenvalue weighted by Crippen LogP contribution is -2.33. The van der Waals surface area contributed by atoms with Crippen LogP contribution in [0.5, 0.6) is 0 Å². The minimum atomic E-state index is -4.57. The van der Waals surface area contributed by atoms with Crippen LogP contribution in [0.4, 0.5) is 11.4 Å². The number of methoxy groups -OCH3 is 2. The van der Waals surface area contributed by atoms with Crippen LogP contribution >= 0.6 is 0 Å². The SMILES string of the molecule is CCN1C(=CC=CC=CC=CC2=[N+](CCCCCC(=O)ON3C(=O)CCC3=O)c3ccc(S(=O)(=O)O)cc3C2(C)CCOCCOCCOCCOC)C(C)(CCOCCOCCOCCOC)c2cc(S(=O)(=O)O)ccc21. The number of carbonyl (C=O) groups excluding carboxylic acids is 3. The smallest absolute Gasteiger partial charge is 0.333 e. The van der Waals surface area contributed by atoms with Gasteiger partial charge in [0.15, 0.2) is 5.71 Å². The maximum Gasteiger partial charge on any atom is 0.333 e. The third-order valence-electron chi connectivity index (χ3n) is 13.6. The van der Waals surface area contributed by atoms with Crippen LogP contribution in [0, 0.1) is 0 Å². The number of fused-ring (bicyclic) bond motifs is 2. The Hall–Kier alpha value is -5.02. The predicted octanol–water partition coefficient (Wildman–Crippen LogP) is 6.23. The summed E-state index contributed by atoms with van der Waals surface area (Å²) in [5, 5.41) is 0.539. The predicted molar refractivity (Wildman–Crippen MR) is 289 cm³/mol. The third-order valence-corrected chi connectivity index (χ3v) is 15.3. The van der Waals surface area contributed by atoms with Gasteiger partial charge in [0.1, 0.15) is 6.54 Å². The molecule has 2 atom stereocenters. The Morgan fingerprint density at radius 2 is 1.12 bits per heavy atom. The van der Waals surface area contributed by atoms with Gasteiger partial charge in [-0.1, -0.05) is 30.4 Å². The maximum atomic E-state index is 12.6. The largest absolute Gasteiger partial charge is 0.382 e. The standard InChI is InChI=1S/C55H77N3O18S2/c1-6-56-47-20-18-43(77(62,63)64)41-45(47)54(2,24-27-70-33-35-74-39-37-72-31-29-68-4)49(56)15-11-8-7-9-12-16-50-55(3,25-28-71-34-36-75-40-38-73-32-30-69-5)46-42-44(78(65,66)67)19-21-48(46)57(50)26-14-10-13-17-53(61)76-58-51(59)22-23-52(58)60/h7-9,11-12,15-16,18-21,41-42H,6,10,13-14,17,22-40H2,1-5H3,(H-,62,63,64,65,66,67)/p+1. The zero-order chi connectivity index (χ0) is 56.6. The van der Waals surface area contributed by atoms with Crippen molar-refractivity contribution in [1.82, 2.24) is 5.06 Å². The summed E-state index contributed by atoms with van der Waals surface area (Å²) in [4.78, 5) is 43.2. The fourth-order valence-corrected chi connectivity index (χ4v) is 10.4. The summed E-state index contributed by atoms with van der Waals surface area (Å²) in [5.74, 6) is -1.77. The molecule has 2 aromatic rings. The molecule has 0 bridgehead atoms. The first-order valence-electron chi connectivity index (χ1n) is 26.3. The lowest BCUT2D eigenvalue weighted by Gasteiger charge is -2.30. The van der Waals surface area contributed by atoms with Gasteiger partial charge in [-0.2, -0.15) is 21.4 Å². The number of carbonyl (C=O) groups is 3. The highest BCUT2D eigenvalue weighted by Crippen LogP contribution is 2.50. The van der Waals surface area contributed by atoms with Gasteiger partial charge in [-0.25, -0.2) is 4.79 Å². The van der Waals surface area contributed by atoms with Crippen LogP contribution in [0.3, 0.4) is 0 Å². The summed E-state index contributed by atoms with van der Waals surface area (Å²) < 4.78 is 116. The highest BCUT2D eigenvalue weighted by atomic mass is 32.2. The number of imide groups is 1. The van der Waals surface area contributed by atoms with Gasteiger partial charge in [0.05, 0.1) is 94.5 Å². The molecular weight excluding hydrogens is 1050 g/mol. The van der Waals surface area contributed by atoms with Gasteiger partial charge in [0.25, 0.3) is 32.1 Å². The molecule has 2 amide bonds. The summed E-state index contributed by atoms with van der Waals surface area (Å²) in [7, 11) is -5.84. The van der Waals surface area contributed by atoms with Crippen molar-refractivity contribution in [2.24, 2.45) is 0 Å². The molecule has 2 N–H and O–H groups in total. The quantitative estimate of drug-likeness (QED) is 0.0249. The van der Waals surface area contributed by atoms with Crippen LogP contribution in [0.2, 0.25) is 0 Å². The van der Waals surface area contributed by atoms with E-state index in [-0.39, 0.29) is 35.7 Å². The first kappa shape index (κ1) is 63.8. The van der Waals surface area contributed by atoms with Crippen molar-refractivity contribution in [2.45, 2.75) is 92.8 Å². The Morgan fingerprint density at radius 1 is 0.628 bits per heavy atom. The van der Waals surface area contributed by atoms with Crippen molar-refractivity contribution in [3.63, 3.8) is 0 Å². The molecule has 23 heteroatoms. The van der Waals surface area contributed by atoms with Crippen molar-refractivity contribution in [3.8, 4) is 0 Å². The van der Waals surface area contributed by atoms with E-state index >= 15 is 0 Å². The van der Waals surface area contributed by atoms with Crippen LogP contribution in [-0.4, -0.2) is 179 Å². The molecule has 2 unspecified atom stereocenters.